The molecule has 1 N–H and O–H groups in total. The Morgan fingerprint density at radius 1 is 1.08 bits per heavy atom. The Morgan fingerprint density at radius 2 is 1.71 bits per heavy atom. The van der Waals surface area contributed by atoms with E-state index in [1.807, 2.05) is 12.1 Å². The zero-order valence-electron chi connectivity index (χ0n) is 14.0. The second kappa shape index (κ2) is 8.50. The minimum absolute atomic E-state index is 0.319. The van der Waals surface area contributed by atoms with E-state index in [1.165, 1.54) is 5.56 Å². The molecule has 2 rings (SSSR count). The summed E-state index contributed by atoms with van der Waals surface area (Å²) in [5.41, 5.74) is 4.67. The van der Waals surface area contributed by atoms with Crippen LogP contribution in [0.4, 0.5) is 0 Å². The van der Waals surface area contributed by atoms with Crippen LogP contribution in [-0.4, -0.2) is 18.2 Å². The average Bonchev–Trinajstić information content (AvgIpc) is 2.57. The second-order valence-electron chi connectivity index (χ2n) is 5.77. The van der Waals surface area contributed by atoms with Gasteiger partial charge in [-0.2, -0.15) is 5.10 Å². The van der Waals surface area contributed by atoms with Crippen molar-refractivity contribution < 1.29 is 9.53 Å². The summed E-state index contributed by atoms with van der Waals surface area (Å²) in [5, 5.41) is 4.59. The fourth-order valence-corrected chi connectivity index (χ4v) is 2.13. The molecular formula is C19H21ClN2O2. The molecule has 1 amide bonds. The Kier molecular flexibility index (Phi) is 6.38. The zero-order valence-corrected chi connectivity index (χ0v) is 14.7. The number of rotatable bonds is 6. The lowest BCUT2D eigenvalue weighted by Crippen LogP contribution is -2.33. The molecule has 4 nitrogen and oxygen atoms in total. The molecule has 0 saturated carbocycles. The van der Waals surface area contributed by atoms with Gasteiger partial charge in [-0.3, -0.25) is 4.79 Å². The number of benzene rings is 2. The van der Waals surface area contributed by atoms with E-state index in [-0.39, 0.29) is 5.91 Å². The molecule has 0 aromatic heterocycles. The molecule has 0 aliphatic rings. The first-order valence-electron chi connectivity index (χ1n) is 7.81. The number of nitrogens with one attached hydrogen (secondary N) is 1. The first-order valence-corrected chi connectivity index (χ1v) is 8.18. The summed E-state index contributed by atoms with van der Waals surface area (Å²) >= 11 is 5.81. The van der Waals surface area contributed by atoms with E-state index in [0.29, 0.717) is 16.7 Å². The van der Waals surface area contributed by atoms with E-state index in [9.17, 15) is 4.79 Å². The van der Waals surface area contributed by atoms with Crippen LogP contribution in [0, 0.1) is 0 Å². The highest BCUT2D eigenvalue weighted by atomic mass is 35.5. The summed E-state index contributed by atoms with van der Waals surface area (Å²) in [6, 6.07) is 14.9. The van der Waals surface area contributed by atoms with Crippen molar-refractivity contribution >= 4 is 23.7 Å². The van der Waals surface area contributed by atoms with Crippen molar-refractivity contribution in [3.63, 3.8) is 0 Å². The normalized spacial score (nSPS) is 12.4. The third kappa shape index (κ3) is 5.39. The third-order valence-corrected chi connectivity index (χ3v) is 3.74. The standard InChI is InChI=1S/C19H21ClN2O2/c1-13(2)16-6-4-15(5-7-16)12-21-22-19(23)14(3)24-18-10-8-17(20)9-11-18/h4-14H,1-3H3,(H,22,23). The SMILES string of the molecule is CC(Oc1ccc(Cl)cc1)C(=O)NN=Cc1ccc(C(C)C)cc1. The van der Waals surface area contributed by atoms with Gasteiger partial charge in [0.25, 0.3) is 5.91 Å². The molecule has 0 fully saturated rings. The van der Waals surface area contributed by atoms with Crippen molar-refractivity contribution in [1.82, 2.24) is 5.43 Å². The van der Waals surface area contributed by atoms with Crippen LogP contribution in [0.2, 0.25) is 5.02 Å². The van der Waals surface area contributed by atoms with Gasteiger partial charge in [-0.1, -0.05) is 49.7 Å². The lowest BCUT2D eigenvalue weighted by molar-refractivity contribution is -0.127. The predicted molar refractivity (Wildman–Crippen MR) is 97.8 cm³/mol. The molecule has 0 aliphatic carbocycles. The van der Waals surface area contributed by atoms with Crippen LogP contribution in [0.15, 0.2) is 53.6 Å². The van der Waals surface area contributed by atoms with Crippen molar-refractivity contribution in [2.24, 2.45) is 5.10 Å². The van der Waals surface area contributed by atoms with E-state index in [1.54, 1.807) is 37.4 Å². The van der Waals surface area contributed by atoms with Crippen LogP contribution in [0.3, 0.4) is 0 Å². The maximum absolute atomic E-state index is 12.0. The Hall–Kier alpha value is -2.33. The number of ether oxygens (including phenoxy) is 1. The van der Waals surface area contributed by atoms with Gasteiger partial charge in [-0.05, 0) is 48.2 Å². The predicted octanol–water partition coefficient (Wildman–Crippen LogP) is 4.38. The molecule has 0 heterocycles. The molecule has 5 heteroatoms. The zero-order chi connectivity index (χ0) is 17.5. The summed E-state index contributed by atoms with van der Waals surface area (Å²) < 4.78 is 5.53. The molecule has 0 saturated heterocycles. The minimum Gasteiger partial charge on any atom is -0.481 e. The summed E-state index contributed by atoms with van der Waals surface area (Å²) in [6.07, 6.45) is 0.948. The molecule has 2 aromatic carbocycles. The number of hydrazone groups is 1. The van der Waals surface area contributed by atoms with Crippen molar-refractivity contribution in [1.29, 1.82) is 0 Å². The number of amides is 1. The highest BCUT2D eigenvalue weighted by Gasteiger charge is 2.13. The van der Waals surface area contributed by atoms with Crippen LogP contribution in [-0.2, 0) is 4.79 Å². The van der Waals surface area contributed by atoms with Gasteiger partial charge < -0.3 is 4.74 Å². The second-order valence-corrected chi connectivity index (χ2v) is 6.21. The maximum atomic E-state index is 12.0. The van der Waals surface area contributed by atoms with Gasteiger partial charge in [0.2, 0.25) is 0 Å². The van der Waals surface area contributed by atoms with Crippen molar-refractivity contribution in [2.45, 2.75) is 32.8 Å². The molecule has 1 unspecified atom stereocenters. The highest BCUT2D eigenvalue weighted by molar-refractivity contribution is 6.30. The monoisotopic (exact) mass is 344 g/mol. The van der Waals surface area contributed by atoms with Gasteiger partial charge in [0.15, 0.2) is 6.10 Å². The molecule has 0 bridgehead atoms. The van der Waals surface area contributed by atoms with Crippen LogP contribution in [0.5, 0.6) is 5.75 Å². The van der Waals surface area contributed by atoms with Gasteiger partial charge in [0.1, 0.15) is 5.75 Å². The third-order valence-electron chi connectivity index (χ3n) is 3.49. The number of hydrogen-bond donors (Lipinski definition) is 1. The van der Waals surface area contributed by atoms with Crippen molar-refractivity contribution in [3.8, 4) is 5.75 Å². The first kappa shape index (κ1) is 18.0. The highest BCUT2D eigenvalue weighted by Crippen LogP contribution is 2.17. The average molecular weight is 345 g/mol. The number of hydrogen-bond acceptors (Lipinski definition) is 3. The van der Waals surface area contributed by atoms with Crippen molar-refractivity contribution in [3.05, 3.63) is 64.7 Å². The smallest absolute Gasteiger partial charge is 0.280 e. The summed E-state index contributed by atoms with van der Waals surface area (Å²) in [7, 11) is 0. The molecule has 1 atom stereocenters. The Bertz CT molecular complexity index is 694. The van der Waals surface area contributed by atoms with E-state index in [4.69, 9.17) is 16.3 Å². The summed E-state index contributed by atoms with van der Waals surface area (Å²) in [4.78, 5) is 12.0. The molecule has 24 heavy (non-hydrogen) atoms. The van der Waals surface area contributed by atoms with E-state index in [2.05, 4.69) is 36.5 Å². The quantitative estimate of drug-likeness (QED) is 0.624. The van der Waals surface area contributed by atoms with Gasteiger partial charge >= 0.3 is 0 Å². The Morgan fingerprint density at radius 3 is 2.29 bits per heavy atom. The van der Waals surface area contributed by atoms with Gasteiger partial charge in [0, 0.05) is 5.02 Å². The van der Waals surface area contributed by atoms with Gasteiger partial charge in [-0.25, -0.2) is 5.43 Å². The van der Waals surface area contributed by atoms with E-state index in [0.717, 1.165) is 5.56 Å². The van der Waals surface area contributed by atoms with Crippen molar-refractivity contribution in [2.75, 3.05) is 0 Å². The molecule has 2 aromatic rings. The first-order chi connectivity index (χ1) is 11.5. The fourth-order valence-electron chi connectivity index (χ4n) is 2.00. The number of carbonyl (C=O) groups is 1. The van der Waals surface area contributed by atoms with Crippen LogP contribution < -0.4 is 10.2 Å². The van der Waals surface area contributed by atoms with Crippen LogP contribution >= 0.6 is 11.6 Å². The number of nitrogens with zero attached hydrogens (tertiary/aromatic N) is 1. The maximum Gasteiger partial charge on any atom is 0.280 e. The molecule has 0 spiro atoms. The Balaban J connectivity index is 1.86. The van der Waals surface area contributed by atoms with Gasteiger partial charge in [-0.15, -0.1) is 0 Å². The largest absolute Gasteiger partial charge is 0.481 e. The van der Waals surface area contributed by atoms with E-state index >= 15 is 0 Å². The molecule has 126 valence electrons. The molecule has 0 aliphatic heterocycles. The lowest BCUT2D eigenvalue weighted by Gasteiger charge is -2.12. The summed E-state index contributed by atoms with van der Waals surface area (Å²) in [6.45, 7) is 5.95. The van der Waals surface area contributed by atoms with Gasteiger partial charge in [0.05, 0.1) is 6.21 Å². The molecule has 0 radical (unpaired) electrons. The summed E-state index contributed by atoms with van der Waals surface area (Å²) in [5.74, 6) is 0.747. The fraction of sp³-hybridized carbons (Fsp3) is 0.263. The minimum atomic E-state index is -0.661. The van der Waals surface area contributed by atoms with Crippen LogP contribution in [0.1, 0.15) is 37.8 Å². The molecular weight excluding hydrogens is 324 g/mol. The van der Waals surface area contributed by atoms with E-state index < -0.39 is 6.10 Å². The van der Waals surface area contributed by atoms with Crippen LogP contribution in [0.25, 0.3) is 0 Å². The lowest BCUT2D eigenvalue weighted by atomic mass is 10.0. The topological polar surface area (TPSA) is 50.7 Å². The Labute approximate surface area is 147 Å². The number of halogens is 1. The number of carbonyl (C=O) groups excluding carboxylic acids is 1.